The molecule has 0 radical (unpaired) electrons. The van der Waals surface area contributed by atoms with Gasteiger partial charge >= 0.3 is 17.9 Å². The Morgan fingerprint density at radius 1 is 0.955 bits per heavy atom. The number of allylic oxidation sites excluding steroid dienone is 2. The Labute approximate surface area is 395 Å². The average molecular weight is 960 g/mol. The Morgan fingerprint density at radius 3 is 2.15 bits per heavy atom. The van der Waals surface area contributed by atoms with E-state index in [-0.39, 0.29) is 36.3 Å². The van der Waals surface area contributed by atoms with E-state index in [4.69, 9.17) is 51.8 Å². The predicted octanol–water partition coefficient (Wildman–Crippen LogP) is 5.83. The van der Waals surface area contributed by atoms with Crippen molar-refractivity contribution in [3.63, 3.8) is 0 Å². The van der Waals surface area contributed by atoms with E-state index in [1.807, 2.05) is 37.2 Å². The largest absolute Gasteiger partial charge is 0.462 e. The molecule has 3 aliphatic rings. The van der Waals surface area contributed by atoms with Gasteiger partial charge in [-0.15, -0.1) is 0 Å². The average Bonchev–Trinajstić information content (AvgIpc) is 3.20. The van der Waals surface area contributed by atoms with Gasteiger partial charge in [0.25, 0.3) is 0 Å². The van der Waals surface area contributed by atoms with Crippen LogP contribution in [0.25, 0.3) is 0 Å². The number of ether oxygens (including phenoxy) is 10. The number of aliphatic hydroxyl groups is 2. The van der Waals surface area contributed by atoms with Crippen LogP contribution in [-0.4, -0.2) is 168 Å². The molecular formula is C48H85NO16Si. The minimum Gasteiger partial charge on any atom is -0.462 e. The standard InChI is InChI=1S/C48H85NO16Si/c1-18-36(52)62-45-31(5)59-39(27-48(45,10)54)63-41-30(4)60-46(44(61-32(6)50)40(41)49(11)12)64-42-33(25-38(55-13)56-14)24-28(2)35(65-66(16,17)47(7,8)9)23-21-19-20-22-29(3)58-37(53)26-34(51)43(42)57-15/h19-21,23,28-31,33-35,38-46,51,54H,18,22,24-27H2,1-17H3/b20-19+,23-21+/t28-,29-,30-,31+,33-,34-,35+,39+,40+,41-,42+,43+,44-,45+,46+,48-/m1/s1. The number of rotatable bonds is 15. The summed E-state index contributed by atoms with van der Waals surface area (Å²) in [5.74, 6) is -2.37. The summed E-state index contributed by atoms with van der Waals surface area (Å²) in [5.41, 5.74) is -1.50. The van der Waals surface area contributed by atoms with Crippen molar-refractivity contribution in [3.8, 4) is 0 Å². The van der Waals surface area contributed by atoms with Crippen LogP contribution in [0.5, 0.6) is 0 Å². The number of likely N-dealkylation sites (N-methyl/N-ethyl adjacent to an activating group) is 1. The SMILES string of the molecule is CCC(=O)O[C@H]1[C@H](C)O[C@@H](O[C@H]2[C@H](N(C)C)[C@@H](OC(C)=O)[C@H](O[C@H]3[C@@H](CC(OC)OC)C[C@@H](C)[C@@H](O[Si](C)(C)C(C)(C)C)/C=C/C=C/C[C@@H](C)OC(=O)C[C@@H](O)[C@@H]3OC)O[C@@H]2C)C[C@@]1(C)O. The van der Waals surface area contributed by atoms with Crippen LogP contribution in [0.1, 0.15) is 108 Å². The molecule has 17 nitrogen and oxygen atoms in total. The van der Waals surface area contributed by atoms with Crippen LogP contribution >= 0.6 is 0 Å². The molecular weight excluding hydrogens is 875 g/mol. The molecule has 3 rings (SSSR count). The summed E-state index contributed by atoms with van der Waals surface area (Å²) >= 11 is 0. The van der Waals surface area contributed by atoms with E-state index in [2.05, 4.69) is 46.9 Å². The lowest BCUT2D eigenvalue weighted by molar-refractivity contribution is -0.345. The van der Waals surface area contributed by atoms with Crippen LogP contribution < -0.4 is 0 Å². The van der Waals surface area contributed by atoms with Crippen LogP contribution in [0.3, 0.4) is 0 Å². The van der Waals surface area contributed by atoms with Crippen LogP contribution in [0.15, 0.2) is 24.3 Å². The highest BCUT2D eigenvalue weighted by Gasteiger charge is 2.54. The number of cyclic esters (lactones) is 1. The van der Waals surface area contributed by atoms with E-state index in [1.54, 1.807) is 48.8 Å². The number of carbonyl (C=O) groups is 3. The fourth-order valence-corrected chi connectivity index (χ4v) is 10.2. The maximum absolute atomic E-state index is 13.4. The first-order chi connectivity index (χ1) is 30.7. The van der Waals surface area contributed by atoms with E-state index in [0.717, 1.165) is 0 Å². The Balaban J connectivity index is 2.19. The van der Waals surface area contributed by atoms with Gasteiger partial charge in [0.2, 0.25) is 0 Å². The molecule has 0 aromatic rings. The van der Waals surface area contributed by atoms with Crippen molar-refractivity contribution in [2.45, 2.75) is 217 Å². The van der Waals surface area contributed by atoms with Crippen LogP contribution in [0.2, 0.25) is 18.1 Å². The molecule has 0 spiro atoms. The Bertz CT molecular complexity index is 1580. The first-order valence-corrected chi connectivity index (χ1v) is 26.4. The summed E-state index contributed by atoms with van der Waals surface area (Å²) in [6.45, 7) is 22.9. The van der Waals surface area contributed by atoms with Gasteiger partial charge in [0.15, 0.2) is 39.4 Å². The molecule has 2 N–H and O–H groups in total. The van der Waals surface area contributed by atoms with E-state index < -0.39 is 124 Å². The lowest BCUT2D eigenvalue weighted by Gasteiger charge is -2.51. The molecule has 66 heavy (non-hydrogen) atoms. The van der Waals surface area contributed by atoms with E-state index >= 15 is 0 Å². The Hall–Kier alpha value is -2.33. The number of carbonyl (C=O) groups excluding carboxylic acids is 3. The molecule has 0 aliphatic carbocycles. The second kappa shape index (κ2) is 25.5. The molecule has 0 saturated carbocycles. The number of esters is 3. The first kappa shape index (κ1) is 58.0. The van der Waals surface area contributed by atoms with Crippen molar-refractivity contribution in [3.05, 3.63) is 24.3 Å². The number of hydrogen-bond acceptors (Lipinski definition) is 17. The van der Waals surface area contributed by atoms with Gasteiger partial charge in [0.05, 0.1) is 43.0 Å². The van der Waals surface area contributed by atoms with Gasteiger partial charge in [0, 0.05) is 53.9 Å². The van der Waals surface area contributed by atoms with Gasteiger partial charge in [-0.05, 0) is 78.2 Å². The second-order valence-corrected chi connectivity index (χ2v) is 25.1. The zero-order valence-corrected chi connectivity index (χ0v) is 43.8. The van der Waals surface area contributed by atoms with Gasteiger partial charge in [-0.2, -0.15) is 0 Å². The first-order valence-electron chi connectivity index (χ1n) is 23.5. The number of aliphatic hydroxyl groups excluding tert-OH is 1. The van der Waals surface area contributed by atoms with Gasteiger partial charge in [0.1, 0.15) is 23.9 Å². The van der Waals surface area contributed by atoms with E-state index in [0.29, 0.717) is 12.8 Å². The van der Waals surface area contributed by atoms with E-state index in [9.17, 15) is 24.6 Å². The summed E-state index contributed by atoms with van der Waals surface area (Å²) < 4.78 is 68.9. The maximum atomic E-state index is 13.4. The van der Waals surface area contributed by atoms with Crippen molar-refractivity contribution in [1.82, 2.24) is 4.90 Å². The predicted molar refractivity (Wildman–Crippen MR) is 248 cm³/mol. The topological polar surface area (TPSA) is 196 Å². The van der Waals surface area contributed by atoms with Crippen molar-refractivity contribution in [2.24, 2.45) is 11.8 Å². The smallest absolute Gasteiger partial charge is 0.308 e. The highest BCUT2D eigenvalue weighted by molar-refractivity contribution is 6.74. The molecule has 2 saturated heterocycles. The molecule has 0 unspecified atom stereocenters. The summed E-state index contributed by atoms with van der Waals surface area (Å²) in [6.07, 6.45) is -3.04. The van der Waals surface area contributed by atoms with Crippen LogP contribution in [0, 0.1) is 11.8 Å². The highest BCUT2D eigenvalue weighted by atomic mass is 28.4. The summed E-state index contributed by atoms with van der Waals surface area (Å²) in [6, 6.07) is -0.723. The molecule has 16 atom stereocenters. The normalized spacial score (nSPS) is 37.8. The van der Waals surface area contributed by atoms with Crippen LogP contribution in [-0.2, 0) is 66.2 Å². The van der Waals surface area contributed by atoms with Gasteiger partial charge < -0.3 is 66.9 Å². The van der Waals surface area contributed by atoms with Crippen molar-refractivity contribution >= 4 is 26.2 Å². The van der Waals surface area contributed by atoms with Crippen molar-refractivity contribution in [1.29, 1.82) is 0 Å². The molecule has 18 heteroatoms. The van der Waals surface area contributed by atoms with Gasteiger partial charge in [-0.25, -0.2) is 0 Å². The fraction of sp³-hybridized carbons (Fsp3) is 0.854. The minimum atomic E-state index is -2.33. The third kappa shape index (κ3) is 16.1. The third-order valence-electron chi connectivity index (χ3n) is 13.4. The molecule has 3 aliphatic heterocycles. The molecule has 0 aromatic heterocycles. The molecule has 382 valence electrons. The Morgan fingerprint density at radius 2 is 1.61 bits per heavy atom. The number of hydrogen-bond donors (Lipinski definition) is 2. The molecule has 0 amide bonds. The van der Waals surface area contributed by atoms with Crippen molar-refractivity contribution in [2.75, 3.05) is 35.4 Å². The lowest BCUT2D eigenvalue weighted by atomic mass is 9.82. The summed E-state index contributed by atoms with van der Waals surface area (Å²) in [5, 5.41) is 23.5. The van der Waals surface area contributed by atoms with Crippen molar-refractivity contribution < 1.29 is 76.4 Å². The maximum Gasteiger partial charge on any atom is 0.308 e. The fourth-order valence-electron chi connectivity index (χ4n) is 8.84. The molecule has 2 fully saturated rings. The highest BCUT2D eigenvalue weighted by Crippen LogP contribution is 2.41. The number of methoxy groups -OCH3 is 3. The molecule has 0 bridgehead atoms. The van der Waals surface area contributed by atoms with Crippen LogP contribution in [0.4, 0.5) is 0 Å². The molecule has 0 aromatic carbocycles. The number of nitrogens with zero attached hydrogens (tertiary/aromatic N) is 1. The van der Waals surface area contributed by atoms with Gasteiger partial charge in [-0.3, -0.25) is 14.4 Å². The zero-order valence-electron chi connectivity index (χ0n) is 42.8. The lowest BCUT2D eigenvalue weighted by Crippen LogP contribution is -2.66. The third-order valence-corrected chi connectivity index (χ3v) is 17.9. The molecule has 3 heterocycles. The zero-order chi connectivity index (χ0) is 49.9. The van der Waals surface area contributed by atoms with E-state index in [1.165, 1.54) is 14.0 Å². The minimum absolute atomic E-state index is 0.0388. The summed E-state index contributed by atoms with van der Waals surface area (Å²) in [4.78, 5) is 40.5. The quantitative estimate of drug-likeness (QED) is 0.0861. The van der Waals surface area contributed by atoms with Gasteiger partial charge in [-0.1, -0.05) is 58.9 Å². The summed E-state index contributed by atoms with van der Waals surface area (Å²) in [7, 11) is 5.81. The Kier molecular flexibility index (Phi) is 22.4. The monoisotopic (exact) mass is 960 g/mol. The second-order valence-electron chi connectivity index (χ2n) is 20.3.